The van der Waals surface area contributed by atoms with Crippen molar-refractivity contribution in [3.05, 3.63) is 48.3 Å². The molecule has 126 valence electrons. The van der Waals surface area contributed by atoms with Gasteiger partial charge in [-0.25, -0.2) is 0 Å². The molecule has 0 unspecified atom stereocenters. The fourth-order valence-corrected chi connectivity index (χ4v) is 2.30. The largest absolute Gasteiger partial charge is 0.497 e. The quantitative estimate of drug-likeness (QED) is 0.882. The summed E-state index contributed by atoms with van der Waals surface area (Å²) in [6, 6.07) is 8.90. The van der Waals surface area contributed by atoms with Crippen LogP contribution in [0, 0.1) is 0 Å². The molecular formula is C18H20N2O4. The Bertz CT molecular complexity index is 726. The molecular weight excluding hydrogens is 308 g/mol. The molecule has 0 saturated carbocycles. The summed E-state index contributed by atoms with van der Waals surface area (Å²) in [5, 5.41) is 8.99. The number of methoxy groups -OCH3 is 1. The number of pyridine rings is 1. The highest BCUT2D eigenvalue weighted by Gasteiger charge is 2.21. The average Bonchev–Trinajstić information content (AvgIpc) is 2.59. The van der Waals surface area contributed by atoms with Crippen molar-refractivity contribution in [3.8, 4) is 16.9 Å². The zero-order valence-corrected chi connectivity index (χ0v) is 13.9. The van der Waals surface area contributed by atoms with Gasteiger partial charge in [-0.1, -0.05) is 12.1 Å². The third-order valence-electron chi connectivity index (χ3n) is 3.60. The van der Waals surface area contributed by atoms with E-state index >= 15 is 0 Å². The SMILES string of the molecule is COc1ccc(-c2cncc(C(=O)N(CC(=O)O)C(C)C)c2)cc1. The Balaban J connectivity index is 2.31. The van der Waals surface area contributed by atoms with E-state index in [4.69, 9.17) is 9.84 Å². The van der Waals surface area contributed by atoms with E-state index in [1.54, 1.807) is 33.2 Å². The molecule has 1 aromatic carbocycles. The highest BCUT2D eigenvalue weighted by atomic mass is 16.5. The third kappa shape index (κ3) is 4.10. The smallest absolute Gasteiger partial charge is 0.323 e. The van der Waals surface area contributed by atoms with Crippen LogP contribution in [0.5, 0.6) is 5.75 Å². The molecule has 2 rings (SSSR count). The Labute approximate surface area is 140 Å². The molecule has 0 aliphatic rings. The number of amides is 1. The lowest BCUT2D eigenvalue weighted by molar-refractivity contribution is -0.138. The molecule has 0 saturated heterocycles. The summed E-state index contributed by atoms with van der Waals surface area (Å²) >= 11 is 0. The van der Waals surface area contributed by atoms with Gasteiger partial charge in [-0.05, 0) is 37.6 Å². The second-order valence-electron chi connectivity index (χ2n) is 5.61. The standard InChI is InChI=1S/C18H20N2O4/c1-12(2)20(11-17(21)22)18(23)15-8-14(9-19-10-15)13-4-6-16(24-3)7-5-13/h4-10,12H,11H2,1-3H3,(H,21,22). The number of carbonyl (C=O) groups is 2. The Kier molecular flexibility index (Phi) is 5.52. The monoisotopic (exact) mass is 328 g/mol. The first kappa shape index (κ1) is 17.5. The van der Waals surface area contributed by atoms with Crippen molar-refractivity contribution in [3.63, 3.8) is 0 Å². The van der Waals surface area contributed by atoms with Crippen molar-refractivity contribution in [1.82, 2.24) is 9.88 Å². The maximum absolute atomic E-state index is 12.6. The van der Waals surface area contributed by atoms with Crippen LogP contribution >= 0.6 is 0 Å². The van der Waals surface area contributed by atoms with E-state index in [-0.39, 0.29) is 18.5 Å². The van der Waals surface area contributed by atoms with Gasteiger partial charge in [0.15, 0.2) is 0 Å². The molecule has 0 atom stereocenters. The van der Waals surface area contributed by atoms with Crippen LogP contribution in [0.15, 0.2) is 42.7 Å². The number of aromatic nitrogens is 1. The first-order valence-corrected chi connectivity index (χ1v) is 7.54. The van der Waals surface area contributed by atoms with Crippen molar-refractivity contribution < 1.29 is 19.4 Å². The second-order valence-corrected chi connectivity index (χ2v) is 5.61. The highest BCUT2D eigenvalue weighted by molar-refractivity contribution is 5.96. The van der Waals surface area contributed by atoms with Gasteiger partial charge in [0.25, 0.3) is 5.91 Å². The minimum atomic E-state index is -1.05. The van der Waals surface area contributed by atoms with Gasteiger partial charge < -0.3 is 14.7 Å². The average molecular weight is 328 g/mol. The Morgan fingerprint density at radius 3 is 2.38 bits per heavy atom. The summed E-state index contributed by atoms with van der Waals surface area (Å²) in [5.74, 6) is -0.655. The fourth-order valence-electron chi connectivity index (χ4n) is 2.30. The highest BCUT2D eigenvalue weighted by Crippen LogP contribution is 2.23. The first-order valence-electron chi connectivity index (χ1n) is 7.54. The van der Waals surface area contributed by atoms with Gasteiger partial charge in [0.2, 0.25) is 0 Å². The molecule has 1 heterocycles. The number of rotatable bonds is 6. The van der Waals surface area contributed by atoms with Crippen LogP contribution in [0.1, 0.15) is 24.2 Å². The van der Waals surface area contributed by atoms with Crippen LogP contribution in [0.2, 0.25) is 0 Å². The van der Waals surface area contributed by atoms with Crippen molar-refractivity contribution in [2.24, 2.45) is 0 Å². The van der Waals surface area contributed by atoms with Crippen molar-refractivity contribution in [1.29, 1.82) is 0 Å². The summed E-state index contributed by atoms with van der Waals surface area (Å²) in [5.41, 5.74) is 2.04. The maximum Gasteiger partial charge on any atom is 0.323 e. The minimum Gasteiger partial charge on any atom is -0.497 e. The molecule has 0 bridgehead atoms. The van der Waals surface area contributed by atoms with E-state index < -0.39 is 5.97 Å². The second kappa shape index (κ2) is 7.59. The predicted molar refractivity (Wildman–Crippen MR) is 90.0 cm³/mol. The van der Waals surface area contributed by atoms with Crippen LogP contribution in [0.4, 0.5) is 0 Å². The Morgan fingerprint density at radius 1 is 1.17 bits per heavy atom. The van der Waals surface area contributed by atoms with E-state index in [2.05, 4.69) is 4.98 Å². The molecule has 0 aliphatic heterocycles. The maximum atomic E-state index is 12.6. The van der Waals surface area contributed by atoms with Crippen molar-refractivity contribution in [2.75, 3.05) is 13.7 Å². The van der Waals surface area contributed by atoms with E-state index in [9.17, 15) is 9.59 Å². The zero-order chi connectivity index (χ0) is 17.7. The van der Waals surface area contributed by atoms with Gasteiger partial charge in [-0.2, -0.15) is 0 Å². The normalized spacial score (nSPS) is 10.5. The fraction of sp³-hybridized carbons (Fsp3) is 0.278. The summed E-state index contributed by atoms with van der Waals surface area (Å²) in [6.45, 7) is 3.21. The minimum absolute atomic E-state index is 0.224. The predicted octanol–water partition coefficient (Wildman–Crippen LogP) is 2.69. The van der Waals surface area contributed by atoms with Gasteiger partial charge in [-0.15, -0.1) is 0 Å². The molecule has 0 aliphatic carbocycles. The van der Waals surface area contributed by atoms with Crippen LogP contribution in [0.25, 0.3) is 11.1 Å². The lowest BCUT2D eigenvalue weighted by Crippen LogP contribution is -2.40. The molecule has 0 spiro atoms. The Morgan fingerprint density at radius 2 is 1.83 bits per heavy atom. The van der Waals surface area contributed by atoms with Gasteiger partial charge in [0.1, 0.15) is 12.3 Å². The van der Waals surface area contributed by atoms with E-state index in [1.807, 2.05) is 24.3 Å². The molecule has 1 amide bonds. The summed E-state index contributed by atoms with van der Waals surface area (Å²) in [7, 11) is 1.60. The summed E-state index contributed by atoms with van der Waals surface area (Å²) in [4.78, 5) is 29.0. The van der Waals surface area contributed by atoms with Crippen molar-refractivity contribution in [2.45, 2.75) is 19.9 Å². The number of hydrogen-bond acceptors (Lipinski definition) is 4. The lowest BCUT2D eigenvalue weighted by Gasteiger charge is -2.24. The zero-order valence-electron chi connectivity index (χ0n) is 13.9. The molecule has 2 aromatic rings. The van der Waals surface area contributed by atoms with E-state index in [0.717, 1.165) is 16.9 Å². The summed E-state index contributed by atoms with van der Waals surface area (Å²) in [6.07, 6.45) is 3.11. The molecule has 1 aromatic heterocycles. The number of ether oxygens (including phenoxy) is 1. The molecule has 0 radical (unpaired) electrons. The third-order valence-corrected chi connectivity index (χ3v) is 3.60. The van der Waals surface area contributed by atoms with Crippen LogP contribution in [-0.2, 0) is 4.79 Å². The molecule has 0 fully saturated rings. The molecule has 6 heteroatoms. The Hall–Kier alpha value is -2.89. The summed E-state index contributed by atoms with van der Waals surface area (Å²) < 4.78 is 5.13. The van der Waals surface area contributed by atoms with Crippen molar-refractivity contribution >= 4 is 11.9 Å². The molecule has 1 N–H and O–H groups in total. The number of benzene rings is 1. The van der Waals surface area contributed by atoms with Gasteiger partial charge in [0, 0.05) is 24.0 Å². The number of aliphatic carboxylic acids is 1. The van der Waals surface area contributed by atoms with Crippen LogP contribution in [0.3, 0.4) is 0 Å². The molecule has 24 heavy (non-hydrogen) atoms. The number of carboxylic acid groups (broad SMARTS) is 1. The van der Waals surface area contributed by atoms with Crippen LogP contribution in [-0.4, -0.2) is 46.6 Å². The number of carbonyl (C=O) groups excluding carboxylic acids is 1. The van der Waals surface area contributed by atoms with Gasteiger partial charge in [0.05, 0.1) is 12.7 Å². The lowest BCUT2D eigenvalue weighted by atomic mass is 10.1. The van der Waals surface area contributed by atoms with E-state index in [0.29, 0.717) is 5.56 Å². The first-order chi connectivity index (χ1) is 11.4. The number of carboxylic acids is 1. The molecule has 6 nitrogen and oxygen atoms in total. The number of hydrogen-bond donors (Lipinski definition) is 1. The number of nitrogens with zero attached hydrogens (tertiary/aromatic N) is 2. The topological polar surface area (TPSA) is 79.7 Å². The van der Waals surface area contributed by atoms with Gasteiger partial charge >= 0.3 is 5.97 Å². The van der Waals surface area contributed by atoms with E-state index in [1.165, 1.54) is 11.1 Å². The van der Waals surface area contributed by atoms with Gasteiger partial charge in [-0.3, -0.25) is 14.6 Å². The van der Waals surface area contributed by atoms with Crippen LogP contribution < -0.4 is 4.74 Å².